The highest BCUT2D eigenvalue weighted by Crippen LogP contribution is 2.20. The molecule has 1 aliphatic heterocycles. The molecule has 0 aliphatic carbocycles. The van der Waals surface area contributed by atoms with Gasteiger partial charge in [0.15, 0.2) is 0 Å². The summed E-state index contributed by atoms with van der Waals surface area (Å²) in [4.78, 5) is 23.7. The summed E-state index contributed by atoms with van der Waals surface area (Å²) in [7, 11) is 3.17. The SMILES string of the molecule is COC(=O)CC[C@H]1CCC(=O)N1C. The number of ether oxygens (including phenoxy) is 1. The molecule has 0 radical (unpaired) electrons. The fraction of sp³-hybridized carbons (Fsp3) is 0.778. The molecule has 0 aromatic carbocycles. The number of likely N-dealkylation sites (tertiary alicyclic amines) is 1. The Kier molecular flexibility index (Phi) is 3.28. The molecule has 1 atom stereocenters. The maximum Gasteiger partial charge on any atom is 0.305 e. The van der Waals surface area contributed by atoms with Gasteiger partial charge in [-0.15, -0.1) is 0 Å². The molecule has 1 rings (SSSR count). The van der Waals surface area contributed by atoms with Crippen molar-refractivity contribution in [3.05, 3.63) is 0 Å². The van der Waals surface area contributed by atoms with Gasteiger partial charge in [0.25, 0.3) is 0 Å². The minimum absolute atomic E-state index is 0.176. The van der Waals surface area contributed by atoms with Crippen LogP contribution >= 0.6 is 0 Å². The lowest BCUT2D eigenvalue weighted by Crippen LogP contribution is -2.29. The van der Waals surface area contributed by atoms with E-state index in [1.54, 1.807) is 11.9 Å². The minimum atomic E-state index is -0.201. The Bertz CT molecular complexity index is 215. The number of amides is 1. The van der Waals surface area contributed by atoms with Crippen molar-refractivity contribution < 1.29 is 14.3 Å². The predicted octanol–water partition coefficient (Wildman–Crippen LogP) is 0.560. The van der Waals surface area contributed by atoms with Crippen LogP contribution in [0.2, 0.25) is 0 Å². The summed E-state index contributed by atoms with van der Waals surface area (Å²) < 4.78 is 4.53. The predicted molar refractivity (Wildman–Crippen MR) is 47.0 cm³/mol. The third-order valence-electron chi connectivity index (χ3n) is 2.54. The van der Waals surface area contributed by atoms with E-state index < -0.39 is 0 Å². The van der Waals surface area contributed by atoms with E-state index in [0.717, 1.165) is 12.8 Å². The van der Waals surface area contributed by atoms with E-state index in [0.29, 0.717) is 12.8 Å². The van der Waals surface area contributed by atoms with E-state index in [1.165, 1.54) is 7.11 Å². The van der Waals surface area contributed by atoms with Crippen LogP contribution in [-0.4, -0.2) is 37.0 Å². The number of esters is 1. The number of carbonyl (C=O) groups is 2. The van der Waals surface area contributed by atoms with E-state index >= 15 is 0 Å². The molecule has 13 heavy (non-hydrogen) atoms. The molecule has 0 saturated carbocycles. The summed E-state index contributed by atoms with van der Waals surface area (Å²) in [6.07, 6.45) is 2.60. The molecule has 0 unspecified atom stereocenters. The summed E-state index contributed by atoms with van der Waals surface area (Å²) in [5, 5.41) is 0. The Morgan fingerprint density at radius 2 is 2.38 bits per heavy atom. The van der Waals surface area contributed by atoms with Gasteiger partial charge in [0.2, 0.25) is 5.91 Å². The smallest absolute Gasteiger partial charge is 0.305 e. The van der Waals surface area contributed by atoms with Gasteiger partial charge in [-0.3, -0.25) is 9.59 Å². The molecule has 0 bridgehead atoms. The number of nitrogens with zero attached hydrogens (tertiary/aromatic N) is 1. The van der Waals surface area contributed by atoms with Gasteiger partial charge < -0.3 is 9.64 Å². The Hall–Kier alpha value is -1.06. The quantitative estimate of drug-likeness (QED) is 0.603. The van der Waals surface area contributed by atoms with Crippen LogP contribution in [0.25, 0.3) is 0 Å². The fourth-order valence-electron chi connectivity index (χ4n) is 1.59. The van der Waals surface area contributed by atoms with Crippen molar-refractivity contribution in [2.24, 2.45) is 0 Å². The summed E-state index contributed by atoms with van der Waals surface area (Å²) in [6.45, 7) is 0. The molecular formula is C9H15NO3. The number of hydrogen-bond donors (Lipinski definition) is 0. The first kappa shape index (κ1) is 10.0. The van der Waals surface area contributed by atoms with Gasteiger partial charge in [0.1, 0.15) is 0 Å². The molecule has 1 fully saturated rings. The molecule has 4 nitrogen and oxygen atoms in total. The maximum atomic E-state index is 11.1. The van der Waals surface area contributed by atoms with Crippen LogP contribution in [0.4, 0.5) is 0 Å². The first-order valence-corrected chi connectivity index (χ1v) is 4.47. The van der Waals surface area contributed by atoms with Crippen LogP contribution < -0.4 is 0 Å². The summed E-state index contributed by atoms with van der Waals surface area (Å²) >= 11 is 0. The van der Waals surface area contributed by atoms with Gasteiger partial charge in [-0.25, -0.2) is 0 Å². The zero-order valence-corrected chi connectivity index (χ0v) is 8.08. The second-order valence-corrected chi connectivity index (χ2v) is 3.31. The van der Waals surface area contributed by atoms with Crippen LogP contribution in [-0.2, 0) is 14.3 Å². The molecule has 0 aromatic heterocycles. The van der Waals surface area contributed by atoms with Crippen LogP contribution in [0.15, 0.2) is 0 Å². The largest absolute Gasteiger partial charge is 0.469 e. The van der Waals surface area contributed by atoms with E-state index in [4.69, 9.17) is 0 Å². The van der Waals surface area contributed by atoms with Crippen LogP contribution in [0.5, 0.6) is 0 Å². The average molecular weight is 185 g/mol. The highest BCUT2D eigenvalue weighted by Gasteiger charge is 2.27. The van der Waals surface area contributed by atoms with Gasteiger partial charge >= 0.3 is 5.97 Å². The number of rotatable bonds is 3. The average Bonchev–Trinajstić information content (AvgIpc) is 2.44. The zero-order chi connectivity index (χ0) is 9.84. The molecule has 0 aromatic rings. The third kappa shape index (κ3) is 2.44. The van der Waals surface area contributed by atoms with Crippen molar-refractivity contribution in [2.45, 2.75) is 31.7 Å². The fourth-order valence-corrected chi connectivity index (χ4v) is 1.59. The summed E-state index contributed by atoms with van der Waals surface area (Å²) in [6, 6.07) is 0.228. The molecule has 1 saturated heterocycles. The Balaban J connectivity index is 2.30. The highest BCUT2D eigenvalue weighted by atomic mass is 16.5. The van der Waals surface area contributed by atoms with Crippen molar-refractivity contribution in [3.63, 3.8) is 0 Å². The standard InChI is InChI=1S/C9H15NO3/c1-10-7(3-5-8(10)11)4-6-9(12)13-2/h7H,3-6H2,1-2H3/t7-/m1/s1. The lowest BCUT2D eigenvalue weighted by Gasteiger charge is -2.18. The minimum Gasteiger partial charge on any atom is -0.469 e. The molecular weight excluding hydrogens is 170 g/mol. The van der Waals surface area contributed by atoms with E-state index in [-0.39, 0.29) is 17.9 Å². The second-order valence-electron chi connectivity index (χ2n) is 3.31. The van der Waals surface area contributed by atoms with Crippen LogP contribution in [0.3, 0.4) is 0 Å². The van der Waals surface area contributed by atoms with E-state index in [2.05, 4.69) is 4.74 Å². The molecule has 1 amide bonds. The summed E-state index contributed by atoms with van der Waals surface area (Å²) in [5.41, 5.74) is 0. The topological polar surface area (TPSA) is 46.6 Å². The highest BCUT2D eigenvalue weighted by molar-refractivity contribution is 5.78. The first-order valence-electron chi connectivity index (χ1n) is 4.47. The lowest BCUT2D eigenvalue weighted by molar-refractivity contribution is -0.141. The molecule has 1 heterocycles. The number of hydrogen-bond acceptors (Lipinski definition) is 3. The number of methoxy groups -OCH3 is 1. The zero-order valence-electron chi connectivity index (χ0n) is 8.08. The molecule has 0 spiro atoms. The number of carbonyl (C=O) groups excluding carboxylic acids is 2. The van der Waals surface area contributed by atoms with Crippen molar-refractivity contribution in [1.29, 1.82) is 0 Å². The van der Waals surface area contributed by atoms with Crippen molar-refractivity contribution in [3.8, 4) is 0 Å². The molecule has 74 valence electrons. The third-order valence-corrected chi connectivity index (χ3v) is 2.54. The van der Waals surface area contributed by atoms with Crippen LogP contribution in [0, 0.1) is 0 Å². The van der Waals surface area contributed by atoms with Crippen molar-refractivity contribution in [1.82, 2.24) is 4.90 Å². The molecule has 4 heteroatoms. The normalized spacial score (nSPS) is 22.2. The Morgan fingerprint density at radius 1 is 1.69 bits per heavy atom. The molecule has 0 N–H and O–H groups in total. The van der Waals surface area contributed by atoms with E-state index in [1.807, 2.05) is 0 Å². The van der Waals surface area contributed by atoms with Gasteiger partial charge in [-0.1, -0.05) is 0 Å². The van der Waals surface area contributed by atoms with Gasteiger partial charge in [0, 0.05) is 25.9 Å². The van der Waals surface area contributed by atoms with Gasteiger partial charge in [0.05, 0.1) is 7.11 Å². The van der Waals surface area contributed by atoms with Crippen molar-refractivity contribution >= 4 is 11.9 Å². The van der Waals surface area contributed by atoms with Crippen molar-refractivity contribution in [2.75, 3.05) is 14.2 Å². The maximum absolute atomic E-state index is 11.1. The Labute approximate surface area is 77.8 Å². The molecule has 1 aliphatic rings. The first-order chi connectivity index (χ1) is 6.15. The monoisotopic (exact) mass is 185 g/mol. The van der Waals surface area contributed by atoms with Gasteiger partial charge in [-0.2, -0.15) is 0 Å². The van der Waals surface area contributed by atoms with Crippen LogP contribution in [0.1, 0.15) is 25.7 Å². The van der Waals surface area contributed by atoms with Gasteiger partial charge in [-0.05, 0) is 12.8 Å². The lowest BCUT2D eigenvalue weighted by atomic mass is 10.1. The Morgan fingerprint density at radius 3 is 2.85 bits per heavy atom. The van der Waals surface area contributed by atoms with E-state index in [9.17, 15) is 9.59 Å². The second kappa shape index (κ2) is 4.25. The summed E-state index contributed by atoms with van der Waals surface area (Å²) in [5.74, 6) is -0.0254.